The lowest BCUT2D eigenvalue weighted by atomic mass is 10.1. The molecular weight excluding hydrogens is 214 g/mol. The number of allylic oxidation sites excluding steroid dienone is 1. The standard InChI is InChI=1S/C14H19NO2/c1-11(2)9-13(14(16)17)15(3)10-12-7-5-4-6-8-12/h4-9,11H,10H2,1-3H3,(H,16,17). The predicted molar refractivity (Wildman–Crippen MR) is 68.5 cm³/mol. The second-order valence-electron chi connectivity index (χ2n) is 4.44. The molecule has 1 aromatic rings. The fraction of sp³-hybridized carbons (Fsp3) is 0.357. The van der Waals surface area contributed by atoms with Crippen LogP contribution in [-0.2, 0) is 11.3 Å². The molecule has 92 valence electrons. The highest BCUT2D eigenvalue weighted by Crippen LogP contribution is 2.11. The fourth-order valence-corrected chi connectivity index (χ4v) is 1.62. The molecule has 0 aliphatic carbocycles. The summed E-state index contributed by atoms with van der Waals surface area (Å²) >= 11 is 0. The van der Waals surface area contributed by atoms with Crippen LogP contribution in [0.25, 0.3) is 0 Å². The van der Waals surface area contributed by atoms with Crippen LogP contribution < -0.4 is 0 Å². The highest BCUT2D eigenvalue weighted by molar-refractivity contribution is 5.85. The van der Waals surface area contributed by atoms with Crippen molar-refractivity contribution in [2.45, 2.75) is 20.4 Å². The summed E-state index contributed by atoms with van der Waals surface area (Å²) in [5.74, 6) is -0.656. The van der Waals surface area contributed by atoms with Crippen LogP contribution in [0.15, 0.2) is 42.1 Å². The van der Waals surface area contributed by atoms with Gasteiger partial charge in [-0.25, -0.2) is 4.79 Å². The molecule has 0 aromatic heterocycles. The predicted octanol–water partition coefficient (Wildman–Crippen LogP) is 2.74. The molecule has 0 aliphatic heterocycles. The second-order valence-corrected chi connectivity index (χ2v) is 4.44. The molecule has 0 fully saturated rings. The molecule has 3 nitrogen and oxygen atoms in total. The smallest absolute Gasteiger partial charge is 0.351 e. The van der Waals surface area contributed by atoms with E-state index >= 15 is 0 Å². The van der Waals surface area contributed by atoms with E-state index in [1.54, 1.807) is 18.0 Å². The normalized spacial score (nSPS) is 11.6. The van der Waals surface area contributed by atoms with Crippen LogP contribution >= 0.6 is 0 Å². The van der Waals surface area contributed by atoms with Crippen LogP contribution in [0.2, 0.25) is 0 Å². The Bertz CT molecular complexity index is 396. The topological polar surface area (TPSA) is 40.5 Å². The molecule has 0 heterocycles. The van der Waals surface area contributed by atoms with Gasteiger partial charge in [-0.1, -0.05) is 50.3 Å². The average molecular weight is 233 g/mol. The zero-order valence-corrected chi connectivity index (χ0v) is 10.6. The third kappa shape index (κ3) is 4.31. The fourth-order valence-electron chi connectivity index (χ4n) is 1.62. The van der Waals surface area contributed by atoms with Gasteiger partial charge in [-0.15, -0.1) is 0 Å². The van der Waals surface area contributed by atoms with Gasteiger partial charge < -0.3 is 10.0 Å². The largest absolute Gasteiger partial charge is 0.477 e. The lowest BCUT2D eigenvalue weighted by Crippen LogP contribution is -2.23. The molecule has 1 aromatic carbocycles. The number of carbonyl (C=O) groups is 1. The van der Waals surface area contributed by atoms with Gasteiger partial charge in [-0.3, -0.25) is 0 Å². The summed E-state index contributed by atoms with van der Waals surface area (Å²) in [7, 11) is 1.80. The van der Waals surface area contributed by atoms with E-state index in [0.29, 0.717) is 12.2 Å². The van der Waals surface area contributed by atoms with Gasteiger partial charge in [0.05, 0.1) is 0 Å². The summed E-state index contributed by atoms with van der Waals surface area (Å²) in [4.78, 5) is 12.9. The Balaban J connectivity index is 2.80. The Morgan fingerprint density at radius 2 is 1.94 bits per heavy atom. The molecule has 0 saturated carbocycles. The van der Waals surface area contributed by atoms with Crippen molar-refractivity contribution in [2.24, 2.45) is 5.92 Å². The number of nitrogens with zero attached hydrogens (tertiary/aromatic N) is 1. The number of hydrogen-bond acceptors (Lipinski definition) is 2. The molecular formula is C14H19NO2. The highest BCUT2D eigenvalue weighted by Gasteiger charge is 2.13. The minimum Gasteiger partial charge on any atom is -0.477 e. The number of carboxylic acid groups (broad SMARTS) is 1. The second kappa shape index (κ2) is 6.09. The number of hydrogen-bond donors (Lipinski definition) is 1. The van der Waals surface area contributed by atoms with Crippen LogP contribution in [-0.4, -0.2) is 23.0 Å². The zero-order chi connectivity index (χ0) is 12.8. The molecule has 0 spiro atoms. The van der Waals surface area contributed by atoms with Gasteiger partial charge in [-0.2, -0.15) is 0 Å². The van der Waals surface area contributed by atoms with Crippen molar-refractivity contribution in [1.82, 2.24) is 4.90 Å². The van der Waals surface area contributed by atoms with E-state index < -0.39 is 5.97 Å². The molecule has 0 aliphatic rings. The van der Waals surface area contributed by atoms with Crippen LogP contribution in [0.4, 0.5) is 0 Å². The number of rotatable bonds is 5. The number of carboxylic acids is 1. The van der Waals surface area contributed by atoms with E-state index in [1.165, 1.54) is 0 Å². The Labute approximate surface area is 102 Å². The quantitative estimate of drug-likeness (QED) is 0.795. The van der Waals surface area contributed by atoms with Crippen molar-refractivity contribution in [3.63, 3.8) is 0 Å². The van der Waals surface area contributed by atoms with Crippen molar-refractivity contribution < 1.29 is 9.90 Å². The zero-order valence-electron chi connectivity index (χ0n) is 10.6. The lowest BCUT2D eigenvalue weighted by molar-refractivity contribution is -0.134. The maximum atomic E-state index is 11.2. The summed E-state index contributed by atoms with van der Waals surface area (Å²) in [5.41, 5.74) is 1.45. The number of likely N-dealkylation sites (N-methyl/N-ethyl adjacent to an activating group) is 1. The SMILES string of the molecule is CC(C)C=C(C(=O)O)N(C)Cc1ccccc1. The van der Waals surface area contributed by atoms with Crippen molar-refractivity contribution in [3.8, 4) is 0 Å². The molecule has 0 saturated heterocycles. The van der Waals surface area contributed by atoms with Crippen molar-refractivity contribution in [2.75, 3.05) is 7.05 Å². The van der Waals surface area contributed by atoms with Crippen LogP contribution in [0, 0.1) is 5.92 Å². The first-order valence-corrected chi connectivity index (χ1v) is 5.71. The average Bonchev–Trinajstić information content (AvgIpc) is 2.26. The van der Waals surface area contributed by atoms with Gasteiger partial charge in [0.25, 0.3) is 0 Å². The van der Waals surface area contributed by atoms with E-state index in [-0.39, 0.29) is 5.92 Å². The van der Waals surface area contributed by atoms with Crippen molar-refractivity contribution in [3.05, 3.63) is 47.7 Å². The van der Waals surface area contributed by atoms with Gasteiger partial charge in [0.2, 0.25) is 0 Å². The first kappa shape index (κ1) is 13.3. The van der Waals surface area contributed by atoms with Crippen LogP contribution in [0.3, 0.4) is 0 Å². The Hall–Kier alpha value is -1.77. The van der Waals surface area contributed by atoms with Gasteiger partial charge in [0.15, 0.2) is 0 Å². The molecule has 1 rings (SSSR count). The third-order valence-corrected chi connectivity index (χ3v) is 2.38. The first-order chi connectivity index (χ1) is 8.00. The Morgan fingerprint density at radius 1 is 1.35 bits per heavy atom. The highest BCUT2D eigenvalue weighted by atomic mass is 16.4. The van der Waals surface area contributed by atoms with Gasteiger partial charge in [0.1, 0.15) is 5.70 Å². The number of aliphatic carboxylic acids is 1. The first-order valence-electron chi connectivity index (χ1n) is 5.71. The molecule has 0 bridgehead atoms. The van der Waals surface area contributed by atoms with E-state index in [1.807, 2.05) is 44.2 Å². The maximum Gasteiger partial charge on any atom is 0.351 e. The van der Waals surface area contributed by atoms with E-state index in [4.69, 9.17) is 5.11 Å². The third-order valence-electron chi connectivity index (χ3n) is 2.38. The summed E-state index contributed by atoms with van der Waals surface area (Å²) in [6.45, 7) is 4.55. The molecule has 0 unspecified atom stereocenters. The van der Waals surface area contributed by atoms with Gasteiger partial charge in [0, 0.05) is 13.6 Å². The molecule has 0 radical (unpaired) electrons. The minimum absolute atomic E-state index is 0.222. The molecule has 0 atom stereocenters. The number of benzene rings is 1. The van der Waals surface area contributed by atoms with Gasteiger partial charge in [-0.05, 0) is 11.5 Å². The molecule has 1 N–H and O–H groups in total. The van der Waals surface area contributed by atoms with Crippen LogP contribution in [0.5, 0.6) is 0 Å². The summed E-state index contributed by atoms with van der Waals surface area (Å²) in [6.07, 6.45) is 1.77. The Kier molecular flexibility index (Phi) is 4.76. The molecule has 3 heteroatoms. The van der Waals surface area contributed by atoms with E-state index in [2.05, 4.69) is 0 Å². The van der Waals surface area contributed by atoms with E-state index in [0.717, 1.165) is 5.56 Å². The molecule has 17 heavy (non-hydrogen) atoms. The molecule has 0 amide bonds. The van der Waals surface area contributed by atoms with Crippen LogP contribution in [0.1, 0.15) is 19.4 Å². The Morgan fingerprint density at radius 3 is 2.41 bits per heavy atom. The lowest BCUT2D eigenvalue weighted by Gasteiger charge is -2.20. The van der Waals surface area contributed by atoms with Crippen molar-refractivity contribution in [1.29, 1.82) is 0 Å². The summed E-state index contributed by atoms with van der Waals surface area (Å²) in [6, 6.07) is 9.84. The minimum atomic E-state index is -0.878. The van der Waals surface area contributed by atoms with Gasteiger partial charge >= 0.3 is 5.97 Å². The maximum absolute atomic E-state index is 11.2. The van der Waals surface area contributed by atoms with E-state index in [9.17, 15) is 4.79 Å². The van der Waals surface area contributed by atoms with Crippen molar-refractivity contribution >= 4 is 5.97 Å². The summed E-state index contributed by atoms with van der Waals surface area (Å²) < 4.78 is 0. The summed E-state index contributed by atoms with van der Waals surface area (Å²) in [5, 5.41) is 9.16. The monoisotopic (exact) mass is 233 g/mol.